The molecule has 4 N–H and O–H groups in total. The normalized spacial score (nSPS) is 25.8. The minimum Gasteiger partial charge on any atom is -0.490 e. The van der Waals surface area contributed by atoms with Crippen molar-refractivity contribution in [3.05, 3.63) is 23.8 Å². The SMILES string of the molecule is CC1CCC(C(C)C)C(Oc2ccc(N)c(C(N)=O)c2)C1. The maximum Gasteiger partial charge on any atom is 0.250 e. The Morgan fingerprint density at radius 3 is 2.67 bits per heavy atom. The maximum atomic E-state index is 11.4. The average molecular weight is 290 g/mol. The Balaban J connectivity index is 2.18. The van der Waals surface area contributed by atoms with Crippen molar-refractivity contribution in [2.75, 3.05) is 5.73 Å². The first-order chi connectivity index (χ1) is 9.88. The summed E-state index contributed by atoms with van der Waals surface area (Å²) in [5, 5.41) is 0. The van der Waals surface area contributed by atoms with Gasteiger partial charge in [0, 0.05) is 5.69 Å². The second-order valence-electron chi connectivity index (χ2n) is 6.60. The number of nitrogens with two attached hydrogens (primary N) is 2. The maximum absolute atomic E-state index is 11.4. The molecular weight excluding hydrogens is 264 g/mol. The van der Waals surface area contributed by atoms with Gasteiger partial charge in [-0.15, -0.1) is 0 Å². The van der Waals surface area contributed by atoms with E-state index in [4.69, 9.17) is 16.2 Å². The molecule has 0 heterocycles. The fraction of sp³-hybridized carbons (Fsp3) is 0.588. The van der Waals surface area contributed by atoms with Crippen molar-refractivity contribution in [1.82, 2.24) is 0 Å². The zero-order valence-corrected chi connectivity index (χ0v) is 13.1. The van der Waals surface area contributed by atoms with Crippen LogP contribution < -0.4 is 16.2 Å². The summed E-state index contributed by atoms with van der Waals surface area (Å²) in [6, 6.07) is 5.17. The number of primary amides is 1. The molecule has 0 aliphatic heterocycles. The molecule has 2 rings (SSSR count). The van der Waals surface area contributed by atoms with Crippen molar-refractivity contribution in [3.8, 4) is 5.75 Å². The van der Waals surface area contributed by atoms with Gasteiger partial charge in [0.15, 0.2) is 0 Å². The lowest BCUT2D eigenvalue weighted by Gasteiger charge is -2.37. The number of ether oxygens (including phenoxy) is 1. The number of amides is 1. The van der Waals surface area contributed by atoms with Crippen molar-refractivity contribution in [2.45, 2.75) is 46.1 Å². The summed E-state index contributed by atoms with van der Waals surface area (Å²) < 4.78 is 6.18. The summed E-state index contributed by atoms with van der Waals surface area (Å²) in [6.07, 6.45) is 3.70. The van der Waals surface area contributed by atoms with E-state index in [2.05, 4.69) is 20.8 Å². The molecule has 4 heteroatoms. The van der Waals surface area contributed by atoms with E-state index < -0.39 is 5.91 Å². The van der Waals surface area contributed by atoms with Crippen LogP contribution in [0.1, 0.15) is 50.4 Å². The third-order valence-corrected chi connectivity index (χ3v) is 4.54. The molecule has 1 aromatic carbocycles. The summed E-state index contributed by atoms with van der Waals surface area (Å²) in [4.78, 5) is 11.4. The number of carbonyl (C=O) groups excluding carboxylic acids is 1. The Morgan fingerprint density at radius 1 is 1.33 bits per heavy atom. The van der Waals surface area contributed by atoms with E-state index >= 15 is 0 Å². The van der Waals surface area contributed by atoms with Crippen LogP contribution in [0.25, 0.3) is 0 Å². The fourth-order valence-corrected chi connectivity index (χ4v) is 3.25. The van der Waals surface area contributed by atoms with E-state index in [0.717, 1.165) is 6.42 Å². The Labute approximate surface area is 126 Å². The van der Waals surface area contributed by atoms with E-state index in [1.807, 2.05) is 6.07 Å². The number of carbonyl (C=O) groups is 1. The number of hydrogen-bond donors (Lipinski definition) is 2. The van der Waals surface area contributed by atoms with Crippen LogP contribution >= 0.6 is 0 Å². The van der Waals surface area contributed by atoms with Crippen molar-refractivity contribution in [2.24, 2.45) is 23.5 Å². The van der Waals surface area contributed by atoms with Crippen LogP contribution in [-0.4, -0.2) is 12.0 Å². The Kier molecular flexibility index (Phi) is 4.76. The highest BCUT2D eigenvalue weighted by atomic mass is 16.5. The second-order valence-corrected chi connectivity index (χ2v) is 6.60. The summed E-state index contributed by atoms with van der Waals surface area (Å²) in [5.41, 5.74) is 11.8. The molecule has 0 radical (unpaired) electrons. The molecule has 1 saturated carbocycles. The van der Waals surface area contributed by atoms with Gasteiger partial charge >= 0.3 is 0 Å². The standard InChI is InChI=1S/C17H26N2O2/c1-10(2)13-6-4-11(3)8-16(13)21-12-5-7-15(18)14(9-12)17(19)20/h5,7,9-11,13,16H,4,6,8,18H2,1-3H3,(H2,19,20). The van der Waals surface area contributed by atoms with Gasteiger partial charge in [-0.25, -0.2) is 0 Å². The van der Waals surface area contributed by atoms with Crippen molar-refractivity contribution in [3.63, 3.8) is 0 Å². The van der Waals surface area contributed by atoms with Gasteiger partial charge in [-0.05, 0) is 48.8 Å². The largest absolute Gasteiger partial charge is 0.490 e. The molecule has 3 unspecified atom stereocenters. The molecule has 1 aliphatic carbocycles. The van der Waals surface area contributed by atoms with Crippen LogP contribution in [0.5, 0.6) is 5.75 Å². The van der Waals surface area contributed by atoms with E-state index in [1.165, 1.54) is 12.8 Å². The lowest BCUT2D eigenvalue weighted by molar-refractivity contribution is 0.0459. The van der Waals surface area contributed by atoms with E-state index in [-0.39, 0.29) is 6.10 Å². The predicted molar refractivity (Wildman–Crippen MR) is 85.1 cm³/mol. The van der Waals surface area contributed by atoms with Gasteiger partial charge in [0.25, 0.3) is 5.91 Å². The molecular formula is C17H26N2O2. The molecule has 1 aromatic rings. The smallest absolute Gasteiger partial charge is 0.250 e. The zero-order chi connectivity index (χ0) is 15.6. The lowest BCUT2D eigenvalue weighted by atomic mass is 9.75. The van der Waals surface area contributed by atoms with Crippen LogP contribution in [-0.2, 0) is 0 Å². The van der Waals surface area contributed by atoms with Crippen LogP contribution in [0, 0.1) is 17.8 Å². The van der Waals surface area contributed by atoms with E-state index in [0.29, 0.717) is 34.8 Å². The minimum absolute atomic E-state index is 0.193. The molecule has 3 atom stereocenters. The van der Waals surface area contributed by atoms with Gasteiger partial charge in [-0.1, -0.05) is 27.2 Å². The number of nitrogen functional groups attached to an aromatic ring is 1. The highest BCUT2D eigenvalue weighted by Crippen LogP contribution is 2.36. The molecule has 21 heavy (non-hydrogen) atoms. The van der Waals surface area contributed by atoms with Gasteiger partial charge in [-0.2, -0.15) is 0 Å². The average Bonchev–Trinajstić information content (AvgIpc) is 2.40. The highest BCUT2D eigenvalue weighted by molar-refractivity contribution is 5.98. The first-order valence-corrected chi connectivity index (χ1v) is 7.74. The summed E-state index contributed by atoms with van der Waals surface area (Å²) in [7, 11) is 0. The van der Waals surface area contributed by atoms with Gasteiger partial charge in [0.1, 0.15) is 11.9 Å². The van der Waals surface area contributed by atoms with Gasteiger partial charge in [0.2, 0.25) is 0 Å². The topological polar surface area (TPSA) is 78.3 Å². The Morgan fingerprint density at radius 2 is 2.05 bits per heavy atom. The zero-order valence-electron chi connectivity index (χ0n) is 13.1. The summed E-state index contributed by atoms with van der Waals surface area (Å²) in [5.74, 6) is 1.98. The van der Waals surface area contributed by atoms with Gasteiger partial charge in [-0.3, -0.25) is 4.79 Å². The van der Waals surface area contributed by atoms with Gasteiger partial charge < -0.3 is 16.2 Å². The number of rotatable bonds is 4. The molecule has 1 aliphatic rings. The quantitative estimate of drug-likeness (QED) is 0.836. The third kappa shape index (κ3) is 3.69. The number of hydrogen-bond acceptors (Lipinski definition) is 3. The second kappa shape index (κ2) is 6.37. The number of anilines is 1. The van der Waals surface area contributed by atoms with E-state index in [1.54, 1.807) is 12.1 Å². The monoisotopic (exact) mass is 290 g/mol. The van der Waals surface area contributed by atoms with Crippen LogP contribution in [0.2, 0.25) is 0 Å². The molecule has 1 fully saturated rings. The van der Waals surface area contributed by atoms with Crippen molar-refractivity contribution in [1.29, 1.82) is 0 Å². The third-order valence-electron chi connectivity index (χ3n) is 4.54. The minimum atomic E-state index is -0.518. The molecule has 0 saturated heterocycles. The molecule has 0 bridgehead atoms. The first-order valence-electron chi connectivity index (χ1n) is 7.74. The molecule has 116 valence electrons. The Hall–Kier alpha value is -1.71. The van der Waals surface area contributed by atoms with Crippen LogP contribution in [0.4, 0.5) is 5.69 Å². The highest BCUT2D eigenvalue weighted by Gasteiger charge is 2.32. The van der Waals surface area contributed by atoms with Crippen LogP contribution in [0.15, 0.2) is 18.2 Å². The van der Waals surface area contributed by atoms with E-state index in [9.17, 15) is 4.79 Å². The number of benzene rings is 1. The summed E-state index contributed by atoms with van der Waals surface area (Å²) in [6.45, 7) is 6.76. The predicted octanol–water partition coefficient (Wildman–Crippen LogP) is 3.21. The van der Waals surface area contributed by atoms with Crippen molar-refractivity contribution < 1.29 is 9.53 Å². The van der Waals surface area contributed by atoms with Crippen LogP contribution in [0.3, 0.4) is 0 Å². The summed E-state index contributed by atoms with van der Waals surface area (Å²) >= 11 is 0. The first kappa shape index (κ1) is 15.7. The lowest BCUT2D eigenvalue weighted by Crippen LogP contribution is -2.36. The molecule has 0 aromatic heterocycles. The Bertz CT molecular complexity index is 514. The fourth-order valence-electron chi connectivity index (χ4n) is 3.25. The van der Waals surface area contributed by atoms with Gasteiger partial charge in [0.05, 0.1) is 5.56 Å². The molecule has 1 amide bonds. The molecule has 0 spiro atoms. The molecule has 4 nitrogen and oxygen atoms in total. The van der Waals surface area contributed by atoms with Crippen molar-refractivity contribution >= 4 is 11.6 Å².